The lowest BCUT2D eigenvalue weighted by atomic mass is 10.1. The zero-order valence-corrected chi connectivity index (χ0v) is 12.4. The maximum absolute atomic E-state index is 13.8. The minimum absolute atomic E-state index is 0.0161. The Labute approximate surface area is 119 Å². The third kappa shape index (κ3) is 2.91. The van der Waals surface area contributed by atoms with Crippen molar-refractivity contribution in [2.45, 2.75) is 23.8 Å². The van der Waals surface area contributed by atoms with E-state index in [9.17, 15) is 17.9 Å². The Morgan fingerprint density at radius 2 is 2.16 bits per heavy atom. The Kier molecular flexibility index (Phi) is 4.14. The van der Waals surface area contributed by atoms with E-state index in [1.807, 2.05) is 0 Å². The predicted molar refractivity (Wildman–Crippen MR) is 72.5 cm³/mol. The van der Waals surface area contributed by atoms with E-state index < -0.39 is 26.8 Å². The average molecular weight is 353 g/mol. The lowest BCUT2D eigenvalue weighted by Gasteiger charge is -2.29. The van der Waals surface area contributed by atoms with Crippen LogP contribution in [-0.4, -0.2) is 37.0 Å². The highest BCUT2D eigenvalue weighted by atomic mass is 79.9. The number of sulfonamides is 1. The van der Waals surface area contributed by atoms with Crippen LogP contribution in [-0.2, 0) is 10.0 Å². The number of nitrogens with zero attached hydrogens (tertiary/aromatic N) is 1. The van der Waals surface area contributed by atoms with Crippen LogP contribution in [0.3, 0.4) is 0 Å². The summed E-state index contributed by atoms with van der Waals surface area (Å²) >= 11 is 3.04. The molecule has 1 saturated heterocycles. The van der Waals surface area contributed by atoms with Gasteiger partial charge >= 0.3 is 0 Å². The molecule has 8 heteroatoms. The summed E-state index contributed by atoms with van der Waals surface area (Å²) in [5.74, 6) is -0.860. The van der Waals surface area contributed by atoms with Crippen LogP contribution in [0.4, 0.5) is 10.1 Å². The van der Waals surface area contributed by atoms with E-state index in [0.717, 1.165) is 16.4 Å². The van der Waals surface area contributed by atoms with Gasteiger partial charge in [-0.15, -0.1) is 0 Å². The highest BCUT2D eigenvalue weighted by molar-refractivity contribution is 9.10. The normalized spacial score (nSPS) is 21.5. The van der Waals surface area contributed by atoms with Gasteiger partial charge in [0, 0.05) is 23.2 Å². The first-order valence-corrected chi connectivity index (χ1v) is 7.98. The van der Waals surface area contributed by atoms with E-state index in [0.29, 0.717) is 17.3 Å². The van der Waals surface area contributed by atoms with E-state index >= 15 is 0 Å². The molecule has 0 saturated carbocycles. The smallest absolute Gasteiger partial charge is 0.246 e. The van der Waals surface area contributed by atoms with Crippen LogP contribution in [0, 0.1) is 5.82 Å². The molecule has 19 heavy (non-hydrogen) atoms. The number of nitrogens with two attached hydrogens (primary N) is 1. The van der Waals surface area contributed by atoms with Gasteiger partial charge in [0.2, 0.25) is 10.0 Å². The molecule has 0 amide bonds. The van der Waals surface area contributed by atoms with Gasteiger partial charge in [0.05, 0.1) is 6.10 Å². The molecule has 0 radical (unpaired) electrons. The summed E-state index contributed by atoms with van der Waals surface area (Å²) in [6.45, 7) is 0.256. The van der Waals surface area contributed by atoms with Crippen molar-refractivity contribution in [3.05, 3.63) is 22.4 Å². The first-order chi connectivity index (χ1) is 8.82. The molecule has 1 aromatic rings. The lowest BCUT2D eigenvalue weighted by molar-refractivity contribution is 0.108. The van der Waals surface area contributed by atoms with Crippen LogP contribution in [0.15, 0.2) is 21.5 Å². The Hall–Kier alpha value is -0.700. The molecule has 1 aromatic carbocycles. The number of aliphatic hydroxyl groups is 1. The van der Waals surface area contributed by atoms with Gasteiger partial charge in [-0.3, -0.25) is 0 Å². The molecule has 2 rings (SSSR count). The molecule has 106 valence electrons. The first kappa shape index (κ1) is 14.7. The minimum atomic E-state index is -3.97. The lowest BCUT2D eigenvalue weighted by Crippen LogP contribution is -2.42. The molecule has 1 aliphatic rings. The predicted octanol–water partition coefficient (Wildman–Crippen LogP) is 1.32. The summed E-state index contributed by atoms with van der Waals surface area (Å²) in [5, 5.41) is 9.53. The molecule has 1 heterocycles. The summed E-state index contributed by atoms with van der Waals surface area (Å²) in [4.78, 5) is -0.456. The average Bonchev–Trinajstić information content (AvgIpc) is 2.33. The molecule has 1 atom stereocenters. The van der Waals surface area contributed by atoms with Gasteiger partial charge in [0.1, 0.15) is 10.7 Å². The molecule has 5 nitrogen and oxygen atoms in total. The number of anilines is 1. The maximum atomic E-state index is 13.8. The summed E-state index contributed by atoms with van der Waals surface area (Å²) in [6.07, 6.45) is 0.393. The van der Waals surface area contributed by atoms with Crippen LogP contribution in [0.1, 0.15) is 12.8 Å². The number of halogens is 2. The topological polar surface area (TPSA) is 83.6 Å². The molecule has 0 unspecified atom stereocenters. The van der Waals surface area contributed by atoms with Gasteiger partial charge < -0.3 is 10.8 Å². The number of hydrogen-bond donors (Lipinski definition) is 2. The summed E-state index contributed by atoms with van der Waals surface area (Å²) in [5.41, 5.74) is 5.75. The van der Waals surface area contributed by atoms with Gasteiger partial charge in [0.25, 0.3) is 0 Å². The van der Waals surface area contributed by atoms with Crippen molar-refractivity contribution >= 4 is 31.6 Å². The van der Waals surface area contributed by atoms with E-state index in [2.05, 4.69) is 15.9 Å². The third-order valence-electron chi connectivity index (χ3n) is 3.03. The van der Waals surface area contributed by atoms with Crippen molar-refractivity contribution in [1.82, 2.24) is 4.31 Å². The van der Waals surface area contributed by atoms with E-state index in [-0.39, 0.29) is 18.8 Å². The van der Waals surface area contributed by atoms with Crippen molar-refractivity contribution < 1.29 is 17.9 Å². The molecule has 0 aromatic heterocycles. The van der Waals surface area contributed by atoms with Crippen molar-refractivity contribution in [2.24, 2.45) is 0 Å². The zero-order valence-electron chi connectivity index (χ0n) is 10.0. The van der Waals surface area contributed by atoms with Crippen molar-refractivity contribution in [3.63, 3.8) is 0 Å². The first-order valence-electron chi connectivity index (χ1n) is 5.75. The second kappa shape index (κ2) is 5.35. The van der Waals surface area contributed by atoms with Crippen LogP contribution in [0.25, 0.3) is 0 Å². The Morgan fingerprint density at radius 3 is 2.79 bits per heavy atom. The van der Waals surface area contributed by atoms with Gasteiger partial charge in [-0.05, 0) is 40.9 Å². The van der Waals surface area contributed by atoms with Crippen LogP contribution in [0.5, 0.6) is 0 Å². The monoisotopic (exact) mass is 352 g/mol. The Balaban J connectivity index is 2.42. The number of hydrogen-bond acceptors (Lipinski definition) is 4. The molecule has 1 fully saturated rings. The fourth-order valence-corrected chi connectivity index (χ4v) is 3.93. The quantitative estimate of drug-likeness (QED) is 0.786. The third-order valence-corrected chi connectivity index (χ3v) is 5.60. The largest absolute Gasteiger partial charge is 0.398 e. The van der Waals surface area contributed by atoms with Crippen LogP contribution in [0.2, 0.25) is 0 Å². The summed E-state index contributed by atoms with van der Waals surface area (Å²) in [7, 11) is -3.97. The Morgan fingerprint density at radius 1 is 1.47 bits per heavy atom. The van der Waals surface area contributed by atoms with E-state index in [1.54, 1.807) is 0 Å². The molecular formula is C11H14BrFN2O3S. The fraction of sp³-hybridized carbons (Fsp3) is 0.455. The molecule has 0 spiro atoms. The molecule has 0 aliphatic carbocycles. The summed E-state index contributed by atoms with van der Waals surface area (Å²) < 4.78 is 39.9. The molecule has 1 aliphatic heterocycles. The van der Waals surface area contributed by atoms with Crippen molar-refractivity contribution in [1.29, 1.82) is 0 Å². The summed E-state index contributed by atoms with van der Waals surface area (Å²) in [6, 6.07) is 2.12. The van der Waals surface area contributed by atoms with Gasteiger partial charge in [-0.2, -0.15) is 4.31 Å². The Bertz CT molecular complexity index is 594. The van der Waals surface area contributed by atoms with Crippen molar-refractivity contribution in [2.75, 3.05) is 18.8 Å². The fourth-order valence-electron chi connectivity index (χ4n) is 2.02. The van der Waals surface area contributed by atoms with Crippen LogP contribution < -0.4 is 5.73 Å². The zero-order chi connectivity index (χ0) is 14.2. The number of nitrogen functional groups attached to an aromatic ring is 1. The van der Waals surface area contributed by atoms with Crippen LogP contribution >= 0.6 is 15.9 Å². The number of β-amino-alcohol motifs (C(OH)–C–C–N with tert-alkyl or cyclic N) is 1. The minimum Gasteiger partial charge on any atom is -0.398 e. The number of benzene rings is 1. The van der Waals surface area contributed by atoms with Gasteiger partial charge in [0.15, 0.2) is 0 Å². The van der Waals surface area contributed by atoms with E-state index in [4.69, 9.17) is 5.73 Å². The SMILES string of the molecule is Nc1cc(S(=O)(=O)N2CCC[C@H](O)C2)c(F)cc1Br. The standard InChI is InChI=1S/C11H14BrFN2O3S/c12-8-4-9(13)11(5-10(8)14)19(17,18)15-3-1-2-7(16)6-15/h4-5,7,16H,1-3,6,14H2/t7-/m0/s1. The molecule has 3 N–H and O–H groups in total. The highest BCUT2D eigenvalue weighted by Crippen LogP contribution is 2.29. The van der Waals surface area contributed by atoms with E-state index in [1.165, 1.54) is 0 Å². The number of piperidine rings is 1. The van der Waals surface area contributed by atoms with Gasteiger partial charge in [-0.1, -0.05) is 0 Å². The molecule has 0 bridgehead atoms. The second-order valence-electron chi connectivity index (χ2n) is 4.46. The second-order valence-corrected chi connectivity index (χ2v) is 7.22. The molecular weight excluding hydrogens is 339 g/mol. The maximum Gasteiger partial charge on any atom is 0.246 e. The number of aliphatic hydroxyl groups excluding tert-OH is 1. The van der Waals surface area contributed by atoms with Crippen molar-refractivity contribution in [3.8, 4) is 0 Å². The highest BCUT2D eigenvalue weighted by Gasteiger charge is 2.31. The number of rotatable bonds is 2. The van der Waals surface area contributed by atoms with Gasteiger partial charge in [-0.25, -0.2) is 12.8 Å².